The van der Waals surface area contributed by atoms with E-state index in [1.165, 1.54) is 0 Å². The van der Waals surface area contributed by atoms with Crippen LogP contribution in [0.1, 0.15) is 47.2 Å². The van der Waals surface area contributed by atoms with Crippen molar-refractivity contribution in [2.75, 3.05) is 6.54 Å². The summed E-state index contributed by atoms with van der Waals surface area (Å²) in [6.07, 6.45) is 3.29. The summed E-state index contributed by atoms with van der Waals surface area (Å²) in [7, 11) is 0. The van der Waals surface area contributed by atoms with Gasteiger partial charge in [0.05, 0.1) is 11.5 Å². The third-order valence-electron chi connectivity index (χ3n) is 6.73. The van der Waals surface area contributed by atoms with Crippen LogP contribution in [0.25, 0.3) is 11.1 Å². The molecule has 7 heteroatoms. The summed E-state index contributed by atoms with van der Waals surface area (Å²) in [5, 5.41) is 0. The van der Waals surface area contributed by atoms with Crippen molar-refractivity contribution in [3.8, 4) is 16.9 Å². The second-order valence-corrected chi connectivity index (χ2v) is 9.54. The number of benzene rings is 3. The van der Waals surface area contributed by atoms with Crippen molar-refractivity contribution in [1.82, 2.24) is 0 Å². The Labute approximate surface area is 217 Å². The van der Waals surface area contributed by atoms with Crippen molar-refractivity contribution in [2.45, 2.75) is 39.2 Å². The second-order valence-electron chi connectivity index (χ2n) is 9.54. The van der Waals surface area contributed by atoms with Crippen LogP contribution in [0.2, 0.25) is 0 Å². The maximum absolute atomic E-state index is 12.9. The highest BCUT2D eigenvalue weighted by Gasteiger charge is 2.28. The molecule has 3 aromatic carbocycles. The first-order valence-electron chi connectivity index (χ1n) is 12.6. The molecule has 1 fully saturated rings. The Morgan fingerprint density at radius 1 is 0.892 bits per heavy atom. The highest BCUT2D eigenvalue weighted by molar-refractivity contribution is 5.90. The minimum Gasteiger partial charge on any atom is -0.457 e. The Kier molecular flexibility index (Phi) is 8.56. The van der Waals surface area contributed by atoms with Gasteiger partial charge in [-0.05, 0) is 67.9 Å². The van der Waals surface area contributed by atoms with E-state index in [0.717, 1.165) is 47.9 Å². The average molecular weight is 500 g/mol. The number of nitrogens with zero attached hydrogens (tertiary/aromatic N) is 1. The molecule has 4 rings (SSSR count). The molecule has 37 heavy (non-hydrogen) atoms. The lowest BCUT2D eigenvalue weighted by molar-refractivity contribution is -0.140. The van der Waals surface area contributed by atoms with Crippen LogP contribution in [-0.4, -0.2) is 24.4 Å². The van der Waals surface area contributed by atoms with Gasteiger partial charge in [-0.15, -0.1) is 0 Å². The van der Waals surface area contributed by atoms with Crippen LogP contribution < -0.4 is 16.2 Å². The number of esters is 2. The van der Waals surface area contributed by atoms with Crippen LogP contribution in [0.3, 0.4) is 0 Å². The standard InChI is InChI=1S/C30H33N3O4/c1-20-6-8-22(9-7-20)19-36-28(34)24-16-14-23(15-17-24)26-4-2-3-5-27(26)37-29(35)25-12-10-21(11-13-25)18-33-30(31)32/h2-9,14-17,21,25H,10-13,18-19H2,1H3,(H4,31,32,33). The molecule has 7 nitrogen and oxygen atoms in total. The number of carbonyl (C=O) groups is 2. The summed E-state index contributed by atoms with van der Waals surface area (Å²) in [6.45, 7) is 2.83. The maximum Gasteiger partial charge on any atom is 0.338 e. The van der Waals surface area contributed by atoms with E-state index in [2.05, 4.69) is 4.99 Å². The first-order chi connectivity index (χ1) is 17.9. The molecule has 0 aliphatic heterocycles. The van der Waals surface area contributed by atoms with Crippen molar-refractivity contribution in [3.05, 3.63) is 89.5 Å². The molecule has 0 saturated heterocycles. The van der Waals surface area contributed by atoms with Crippen molar-refractivity contribution in [2.24, 2.45) is 28.3 Å². The van der Waals surface area contributed by atoms with E-state index in [0.29, 0.717) is 23.8 Å². The Morgan fingerprint density at radius 2 is 1.57 bits per heavy atom. The predicted molar refractivity (Wildman–Crippen MR) is 144 cm³/mol. The number of ether oxygens (including phenoxy) is 2. The van der Waals surface area contributed by atoms with Crippen molar-refractivity contribution < 1.29 is 19.1 Å². The minimum absolute atomic E-state index is 0.102. The van der Waals surface area contributed by atoms with Gasteiger partial charge in [0, 0.05) is 12.1 Å². The van der Waals surface area contributed by atoms with Gasteiger partial charge in [-0.25, -0.2) is 4.79 Å². The van der Waals surface area contributed by atoms with Crippen LogP contribution >= 0.6 is 0 Å². The van der Waals surface area contributed by atoms with Gasteiger partial charge in [0.1, 0.15) is 12.4 Å². The Hall–Kier alpha value is -4.13. The molecule has 0 amide bonds. The Balaban J connectivity index is 1.36. The SMILES string of the molecule is Cc1ccc(COC(=O)c2ccc(-c3ccccc3OC(=O)C3CCC(CN=C(N)N)CC3)cc2)cc1. The molecular formula is C30H33N3O4. The van der Waals surface area contributed by atoms with E-state index in [1.54, 1.807) is 18.2 Å². The number of hydrogen-bond acceptors (Lipinski definition) is 5. The number of aryl methyl sites for hydroxylation is 1. The highest BCUT2D eigenvalue weighted by atomic mass is 16.5. The zero-order valence-electron chi connectivity index (χ0n) is 21.1. The normalized spacial score (nSPS) is 17.0. The third-order valence-corrected chi connectivity index (χ3v) is 6.73. The van der Waals surface area contributed by atoms with Gasteiger partial charge in [-0.1, -0.05) is 60.2 Å². The lowest BCUT2D eigenvalue weighted by atomic mass is 9.82. The zero-order chi connectivity index (χ0) is 26.2. The molecule has 0 atom stereocenters. The van der Waals surface area contributed by atoms with Crippen LogP contribution in [0.15, 0.2) is 77.8 Å². The van der Waals surface area contributed by atoms with E-state index < -0.39 is 0 Å². The minimum atomic E-state index is -0.387. The van der Waals surface area contributed by atoms with Gasteiger partial charge < -0.3 is 20.9 Å². The smallest absolute Gasteiger partial charge is 0.338 e. The summed E-state index contributed by atoms with van der Waals surface area (Å²) in [5.41, 5.74) is 15.0. The fraction of sp³-hybridized carbons (Fsp3) is 0.300. The summed E-state index contributed by atoms with van der Waals surface area (Å²) in [4.78, 5) is 29.5. The van der Waals surface area contributed by atoms with Gasteiger partial charge in [0.25, 0.3) is 0 Å². The lowest BCUT2D eigenvalue weighted by Gasteiger charge is -2.26. The van der Waals surface area contributed by atoms with Crippen LogP contribution in [-0.2, 0) is 16.1 Å². The fourth-order valence-electron chi connectivity index (χ4n) is 4.50. The topological polar surface area (TPSA) is 117 Å². The van der Waals surface area contributed by atoms with Gasteiger partial charge in [-0.3, -0.25) is 9.79 Å². The Bertz CT molecular complexity index is 1240. The van der Waals surface area contributed by atoms with E-state index in [-0.39, 0.29) is 30.4 Å². The number of para-hydroxylation sites is 1. The summed E-state index contributed by atoms with van der Waals surface area (Å²) in [6, 6.07) is 22.4. The van der Waals surface area contributed by atoms with Gasteiger partial charge >= 0.3 is 11.9 Å². The van der Waals surface area contributed by atoms with Gasteiger partial charge in [0.15, 0.2) is 5.96 Å². The fourth-order valence-corrected chi connectivity index (χ4v) is 4.50. The highest BCUT2D eigenvalue weighted by Crippen LogP contribution is 2.34. The quantitative estimate of drug-likeness (QED) is 0.195. The van der Waals surface area contributed by atoms with E-state index in [4.69, 9.17) is 20.9 Å². The maximum atomic E-state index is 12.9. The lowest BCUT2D eigenvalue weighted by Crippen LogP contribution is -2.28. The third kappa shape index (κ3) is 7.19. The van der Waals surface area contributed by atoms with Crippen molar-refractivity contribution in [1.29, 1.82) is 0 Å². The molecule has 1 saturated carbocycles. The predicted octanol–water partition coefficient (Wildman–Crippen LogP) is 5.00. The van der Waals surface area contributed by atoms with Crippen molar-refractivity contribution in [3.63, 3.8) is 0 Å². The molecule has 192 valence electrons. The molecule has 4 N–H and O–H groups in total. The molecule has 0 radical (unpaired) electrons. The number of carbonyl (C=O) groups excluding carboxylic acids is 2. The number of guanidine groups is 1. The first kappa shape index (κ1) is 25.9. The monoisotopic (exact) mass is 499 g/mol. The summed E-state index contributed by atoms with van der Waals surface area (Å²) in [5.74, 6) is 0.246. The van der Waals surface area contributed by atoms with Gasteiger partial charge in [-0.2, -0.15) is 0 Å². The molecule has 0 unspecified atom stereocenters. The van der Waals surface area contributed by atoms with Crippen molar-refractivity contribution >= 4 is 17.9 Å². The molecule has 0 spiro atoms. The average Bonchev–Trinajstić information content (AvgIpc) is 2.92. The van der Waals surface area contributed by atoms with Crippen LogP contribution in [0.4, 0.5) is 0 Å². The first-order valence-corrected chi connectivity index (χ1v) is 12.6. The van der Waals surface area contributed by atoms with Crippen LogP contribution in [0, 0.1) is 18.8 Å². The number of aliphatic imine (C=N–C) groups is 1. The summed E-state index contributed by atoms with van der Waals surface area (Å²) >= 11 is 0. The largest absolute Gasteiger partial charge is 0.457 e. The summed E-state index contributed by atoms with van der Waals surface area (Å²) < 4.78 is 11.3. The van der Waals surface area contributed by atoms with Crippen LogP contribution in [0.5, 0.6) is 5.75 Å². The number of rotatable bonds is 8. The number of nitrogens with two attached hydrogens (primary N) is 2. The molecule has 0 heterocycles. The van der Waals surface area contributed by atoms with Gasteiger partial charge in [0.2, 0.25) is 0 Å². The second kappa shape index (κ2) is 12.2. The molecule has 0 aromatic heterocycles. The molecular weight excluding hydrogens is 466 g/mol. The zero-order valence-corrected chi connectivity index (χ0v) is 21.1. The number of hydrogen-bond donors (Lipinski definition) is 2. The molecule has 0 bridgehead atoms. The Morgan fingerprint density at radius 3 is 2.24 bits per heavy atom. The molecule has 3 aromatic rings. The van der Waals surface area contributed by atoms with E-state index in [1.807, 2.05) is 61.5 Å². The molecule has 1 aliphatic carbocycles. The molecule has 1 aliphatic rings. The van der Waals surface area contributed by atoms with E-state index in [9.17, 15) is 9.59 Å². The van der Waals surface area contributed by atoms with E-state index >= 15 is 0 Å².